The van der Waals surface area contributed by atoms with Crippen LogP contribution in [0.4, 0.5) is 20.2 Å². The Balaban J connectivity index is 2.43. The molecule has 2 aromatic carbocycles. The Hall–Kier alpha value is -2.21. The van der Waals surface area contributed by atoms with E-state index in [1.165, 1.54) is 13.2 Å². The van der Waals surface area contributed by atoms with Crippen LogP contribution in [0.25, 0.3) is 0 Å². The van der Waals surface area contributed by atoms with Crippen molar-refractivity contribution in [2.24, 2.45) is 5.73 Å². The third-order valence-electron chi connectivity index (χ3n) is 2.69. The van der Waals surface area contributed by atoms with Crippen LogP contribution in [-0.4, -0.2) is 12.1 Å². The van der Waals surface area contributed by atoms with E-state index < -0.39 is 11.6 Å². The molecular weight excluding hydrogens is 282 g/mol. The molecule has 0 radical (unpaired) electrons. The van der Waals surface area contributed by atoms with Crippen LogP contribution < -0.4 is 15.8 Å². The van der Waals surface area contributed by atoms with Crippen molar-refractivity contribution >= 4 is 28.6 Å². The van der Waals surface area contributed by atoms with Gasteiger partial charge in [-0.25, -0.2) is 8.78 Å². The summed E-state index contributed by atoms with van der Waals surface area (Å²) in [5.74, 6) is -0.787. The average molecular weight is 294 g/mol. The first-order chi connectivity index (χ1) is 9.51. The molecule has 3 N–H and O–H groups in total. The maximum absolute atomic E-state index is 13.7. The molecule has 0 aliphatic carbocycles. The predicted molar refractivity (Wildman–Crippen MR) is 78.5 cm³/mol. The van der Waals surface area contributed by atoms with Gasteiger partial charge >= 0.3 is 0 Å². The van der Waals surface area contributed by atoms with Gasteiger partial charge in [0.1, 0.15) is 22.4 Å². The van der Waals surface area contributed by atoms with Gasteiger partial charge < -0.3 is 15.8 Å². The largest absolute Gasteiger partial charge is 0.497 e. The maximum Gasteiger partial charge on any atom is 0.149 e. The van der Waals surface area contributed by atoms with E-state index in [2.05, 4.69) is 5.32 Å². The number of ether oxygens (including phenoxy) is 1. The molecule has 0 fully saturated rings. The molecule has 0 saturated heterocycles. The number of benzene rings is 2. The second-order valence-corrected chi connectivity index (χ2v) is 4.46. The van der Waals surface area contributed by atoms with Crippen molar-refractivity contribution < 1.29 is 13.5 Å². The number of rotatable bonds is 4. The number of halogens is 2. The Bertz CT molecular complexity index is 662. The van der Waals surface area contributed by atoms with E-state index in [-0.39, 0.29) is 10.7 Å². The van der Waals surface area contributed by atoms with E-state index in [1.54, 1.807) is 18.2 Å². The molecule has 0 saturated carbocycles. The highest BCUT2D eigenvalue weighted by atomic mass is 32.1. The number of nitrogens with two attached hydrogens (primary N) is 1. The monoisotopic (exact) mass is 294 g/mol. The summed E-state index contributed by atoms with van der Waals surface area (Å²) in [7, 11) is 1.51. The molecule has 0 amide bonds. The van der Waals surface area contributed by atoms with Gasteiger partial charge in [0.05, 0.1) is 18.5 Å². The second kappa shape index (κ2) is 5.83. The van der Waals surface area contributed by atoms with E-state index in [9.17, 15) is 8.78 Å². The molecule has 0 aliphatic rings. The van der Waals surface area contributed by atoms with Gasteiger partial charge in [0.25, 0.3) is 0 Å². The Morgan fingerprint density at radius 2 is 1.90 bits per heavy atom. The van der Waals surface area contributed by atoms with Crippen LogP contribution in [0.5, 0.6) is 5.75 Å². The average Bonchev–Trinajstić information content (AvgIpc) is 2.41. The SMILES string of the molecule is COc1ccc(C(N)=S)c(Nc2ccc(F)cc2F)c1. The molecule has 2 rings (SSSR count). The summed E-state index contributed by atoms with van der Waals surface area (Å²) in [6.07, 6.45) is 0. The molecule has 0 spiro atoms. The van der Waals surface area contributed by atoms with Crippen molar-refractivity contribution in [3.63, 3.8) is 0 Å². The van der Waals surface area contributed by atoms with E-state index in [0.717, 1.165) is 12.1 Å². The van der Waals surface area contributed by atoms with Crippen LogP contribution in [0, 0.1) is 11.6 Å². The molecule has 0 unspecified atom stereocenters. The Morgan fingerprint density at radius 3 is 2.50 bits per heavy atom. The number of hydrogen-bond acceptors (Lipinski definition) is 3. The molecule has 0 aromatic heterocycles. The van der Waals surface area contributed by atoms with Crippen LogP contribution in [0.15, 0.2) is 36.4 Å². The van der Waals surface area contributed by atoms with Crippen molar-refractivity contribution in [1.82, 2.24) is 0 Å². The quantitative estimate of drug-likeness (QED) is 0.849. The Kier molecular flexibility index (Phi) is 4.14. The van der Waals surface area contributed by atoms with E-state index >= 15 is 0 Å². The molecular formula is C14H12F2N2OS. The first-order valence-electron chi connectivity index (χ1n) is 5.71. The summed E-state index contributed by atoms with van der Waals surface area (Å²) < 4.78 is 31.6. The molecule has 2 aromatic rings. The van der Waals surface area contributed by atoms with Gasteiger partial charge in [-0.15, -0.1) is 0 Å². The smallest absolute Gasteiger partial charge is 0.149 e. The summed E-state index contributed by atoms with van der Waals surface area (Å²) in [6, 6.07) is 8.26. The fraction of sp³-hybridized carbons (Fsp3) is 0.0714. The first-order valence-corrected chi connectivity index (χ1v) is 6.12. The standard InChI is InChI=1S/C14H12F2N2OS/c1-19-9-3-4-10(14(17)20)13(7-9)18-12-5-2-8(15)6-11(12)16/h2-7,18H,1H3,(H2,17,20). The van der Waals surface area contributed by atoms with Gasteiger partial charge in [0, 0.05) is 17.7 Å². The van der Waals surface area contributed by atoms with Gasteiger partial charge in [-0.05, 0) is 24.3 Å². The van der Waals surface area contributed by atoms with Crippen LogP contribution in [0.3, 0.4) is 0 Å². The highest BCUT2D eigenvalue weighted by Gasteiger charge is 2.10. The molecule has 0 atom stereocenters. The lowest BCUT2D eigenvalue weighted by molar-refractivity contribution is 0.415. The zero-order chi connectivity index (χ0) is 14.7. The van der Waals surface area contributed by atoms with Crippen molar-refractivity contribution in [3.8, 4) is 5.75 Å². The van der Waals surface area contributed by atoms with Crippen LogP contribution in [0.2, 0.25) is 0 Å². The van der Waals surface area contributed by atoms with Gasteiger partial charge in [-0.2, -0.15) is 0 Å². The fourth-order valence-corrected chi connectivity index (χ4v) is 1.88. The second-order valence-electron chi connectivity index (χ2n) is 4.02. The minimum atomic E-state index is -0.707. The summed E-state index contributed by atoms with van der Waals surface area (Å²) in [5, 5.41) is 2.83. The van der Waals surface area contributed by atoms with E-state index in [4.69, 9.17) is 22.7 Å². The van der Waals surface area contributed by atoms with Crippen molar-refractivity contribution in [1.29, 1.82) is 0 Å². The van der Waals surface area contributed by atoms with Crippen LogP contribution >= 0.6 is 12.2 Å². The molecule has 20 heavy (non-hydrogen) atoms. The van der Waals surface area contributed by atoms with Crippen molar-refractivity contribution in [3.05, 3.63) is 53.6 Å². The molecule has 104 valence electrons. The van der Waals surface area contributed by atoms with E-state index in [0.29, 0.717) is 17.0 Å². The summed E-state index contributed by atoms with van der Waals surface area (Å²) in [4.78, 5) is 0.165. The van der Waals surface area contributed by atoms with Crippen LogP contribution in [0.1, 0.15) is 5.56 Å². The summed E-state index contributed by atoms with van der Waals surface area (Å²) in [6.45, 7) is 0. The molecule has 0 aliphatic heterocycles. The highest BCUT2D eigenvalue weighted by molar-refractivity contribution is 7.80. The normalized spacial score (nSPS) is 10.2. The molecule has 3 nitrogen and oxygen atoms in total. The van der Waals surface area contributed by atoms with Gasteiger partial charge in [0.2, 0.25) is 0 Å². The zero-order valence-corrected chi connectivity index (χ0v) is 11.4. The zero-order valence-electron chi connectivity index (χ0n) is 10.6. The van der Waals surface area contributed by atoms with E-state index in [1.807, 2.05) is 0 Å². The van der Waals surface area contributed by atoms with Gasteiger partial charge in [0.15, 0.2) is 0 Å². The molecule has 6 heteroatoms. The lowest BCUT2D eigenvalue weighted by Crippen LogP contribution is -2.12. The molecule has 0 heterocycles. The topological polar surface area (TPSA) is 47.3 Å². The number of anilines is 2. The fourth-order valence-electron chi connectivity index (χ4n) is 1.70. The minimum absolute atomic E-state index is 0.122. The number of thiocarbonyl (C=S) groups is 1. The lowest BCUT2D eigenvalue weighted by atomic mass is 10.1. The maximum atomic E-state index is 13.7. The predicted octanol–water partition coefficient (Wildman–Crippen LogP) is 3.35. The number of hydrogen-bond donors (Lipinski definition) is 2. The van der Waals surface area contributed by atoms with Gasteiger partial charge in [-0.1, -0.05) is 12.2 Å². The third kappa shape index (κ3) is 3.03. The first kappa shape index (κ1) is 14.2. The van der Waals surface area contributed by atoms with Crippen LogP contribution in [-0.2, 0) is 0 Å². The minimum Gasteiger partial charge on any atom is -0.497 e. The lowest BCUT2D eigenvalue weighted by Gasteiger charge is -2.13. The number of nitrogens with one attached hydrogen (secondary N) is 1. The molecule has 0 bridgehead atoms. The van der Waals surface area contributed by atoms with Crippen molar-refractivity contribution in [2.75, 3.05) is 12.4 Å². The third-order valence-corrected chi connectivity index (χ3v) is 2.91. The highest BCUT2D eigenvalue weighted by Crippen LogP contribution is 2.27. The Labute approximate surface area is 120 Å². The summed E-state index contributed by atoms with van der Waals surface area (Å²) >= 11 is 4.94. The van der Waals surface area contributed by atoms with Gasteiger partial charge in [-0.3, -0.25) is 0 Å². The number of methoxy groups -OCH3 is 1. The Morgan fingerprint density at radius 1 is 1.15 bits per heavy atom. The van der Waals surface area contributed by atoms with Crippen molar-refractivity contribution in [2.45, 2.75) is 0 Å². The summed E-state index contributed by atoms with van der Waals surface area (Å²) in [5.41, 5.74) is 6.78.